The fraction of sp³-hybridized carbons (Fsp3) is 0.154. The van der Waals surface area contributed by atoms with Crippen molar-refractivity contribution in [2.45, 2.75) is 13.0 Å². The van der Waals surface area contributed by atoms with Gasteiger partial charge in [-0.15, -0.1) is 11.3 Å². The average Bonchev–Trinajstić information content (AvgIpc) is 2.71. The highest BCUT2D eigenvalue weighted by Crippen LogP contribution is 2.32. The molecule has 0 aliphatic rings. The quantitative estimate of drug-likeness (QED) is 0.595. The third-order valence-corrected chi connectivity index (χ3v) is 5.77. The Morgan fingerprint density at radius 2 is 1.95 bits per heavy atom. The molecule has 0 saturated carbocycles. The molecule has 1 aromatic carbocycles. The van der Waals surface area contributed by atoms with Gasteiger partial charge in [0.1, 0.15) is 0 Å². The molecule has 1 aromatic heterocycles. The largest absolute Gasteiger partial charge is 0.345 e. The van der Waals surface area contributed by atoms with Crippen LogP contribution in [0.5, 0.6) is 0 Å². The number of rotatable bonds is 3. The first-order valence-corrected chi connectivity index (χ1v) is 8.75. The molecule has 1 N–H and O–H groups in total. The smallest absolute Gasteiger partial charge is 0.253 e. The molecular weight excluding hydrogens is 449 g/mol. The molecule has 2 aromatic rings. The maximum absolute atomic E-state index is 12.2. The molecule has 7 heteroatoms. The average molecular weight is 458 g/mol. The Kier molecular flexibility index (Phi) is 5.54. The van der Waals surface area contributed by atoms with Crippen molar-refractivity contribution in [1.82, 2.24) is 5.32 Å². The van der Waals surface area contributed by atoms with E-state index in [0.29, 0.717) is 15.6 Å². The molecule has 1 atom stereocenters. The van der Waals surface area contributed by atoms with Crippen LogP contribution in [-0.4, -0.2) is 5.91 Å². The maximum Gasteiger partial charge on any atom is 0.253 e. The summed E-state index contributed by atoms with van der Waals surface area (Å²) in [6.45, 7) is 1.90. The fourth-order valence-corrected chi connectivity index (χ4v) is 4.73. The van der Waals surface area contributed by atoms with Crippen LogP contribution in [-0.2, 0) is 0 Å². The summed E-state index contributed by atoms with van der Waals surface area (Å²) < 4.78 is 1.69. The predicted molar refractivity (Wildman–Crippen MR) is 92.1 cm³/mol. The summed E-state index contributed by atoms with van der Waals surface area (Å²) in [5.41, 5.74) is 1.51. The standard InChI is InChI=1S/C13H9Br2Cl2NOS/c1-6(7-2-3-9(16)10(17)4-7)18-13(19)8-5-11(14)20-12(8)15/h2-6H,1H3,(H,18,19). The topological polar surface area (TPSA) is 29.1 Å². The number of hydrogen-bond acceptors (Lipinski definition) is 2. The van der Waals surface area contributed by atoms with E-state index >= 15 is 0 Å². The molecule has 106 valence electrons. The molecule has 0 radical (unpaired) electrons. The number of hydrogen-bond donors (Lipinski definition) is 1. The maximum atomic E-state index is 12.2. The minimum absolute atomic E-state index is 0.141. The van der Waals surface area contributed by atoms with Crippen LogP contribution >= 0.6 is 66.4 Å². The van der Waals surface area contributed by atoms with E-state index < -0.39 is 0 Å². The Hall–Kier alpha value is -0.0700. The number of amides is 1. The second-order valence-electron chi connectivity index (χ2n) is 4.11. The Morgan fingerprint density at radius 3 is 2.50 bits per heavy atom. The van der Waals surface area contributed by atoms with Crippen molar-refractivity contribution >= 4 is 72.3 Å². The number of nitrogens with one attached hydrogen (secondary N) is 1. The summed E-state index contributed by atoms with van der Waals surface area (Å²) in [6.07, 6.45) is 0. The highest BCUT2D eigenvalue weighted by molar-refractivity contribution is 9.12. The summed E-state index contributed by atoms with van der Waals surface area (Å²) in [5, 5.41) is 3.90. The lowest BCUT2D eigenvalue weighted by Crippen LogP contribution is -2.26. The van der Waals surface area contributed by atoms with Crippen molar-refractivity contribution in [3.05, 3.63) is 53.0 Å². The molecule has 1 amide bonds. The van der Waals surface area contributed by atoms with Crippen LogP contribution in [0.15, 0.2) is 31.8 Å². The minimum Gasteiger partial charge on any atom is -0.345 e. The van der Waals surface area contributed by atoms with E-state index in [-0.39, 0.29) is 11.9 Å². The molecule has 0 fully saturated rings. The van der Waals surface area contributed by atoms with Gasteiger partial charge in [0.15, 0.2) is 0 Å². The summed E-state index contributed by atoms with van der Waals surface area (Å²) in [7, 11) is 0. The molecule has 2 rings (SSSR count). The van der Waals surface area contributed by atoms with Crippen molar-refractivity contribution < 1.29 is 4.79 Å². The Labute approximate surface area is 147 Å². The Morgan fingerprint density at radius 1 is 1.25 bits per heavy atom. The molecule has 1 heterocycles. The third kappa shape index (κ3) is 3.77. The molecule has 20 heavy (non-hydrogen) atoms. The van der Waals surface area contributed by atoms with Crippen LogP contribution in [0.25, 0.3) is 0 Å². The van der Waals surface area contributed by atoms with E-state index in [1.807, 2.05) is 13.0 Å². The molecular formula is C13H9Br2Cl2NOS. The second-order valence-corrected chi connectivity index (χ2v) is 8.67. The molecule has 0 aliphatic carbocycles. The van der Waals surface area contributed by atoms with Crippen LogP contribution in [0.2, 0.25) is 10.0 Å². The molecule has 0 spiro atoms. The summed E-state index contributed by atoms with van der Waals surface area (Å²) in [4.78, 5) is 12.2. The zero-order valence-electron chi connectivity index (χ0n) is 10.2. The summed E-state index contributed by atoms with van der Waals surface area (Å²) in [5.74, 6) is -0.141. The minimum atomic E-state index is -0.164. The third-order valence-electron chi connectivity index (χ3n) is 2.69. The number of halogens is 4. The monoisotopic (exact) mass is 455 g/mol. The van der Waals surface area contributed by atoms with Gasteiger partial charge in [-0.3, -0.25) is 4.79 Å². The summed E-state index contributed by atoms with van der Waals surface area (Å²) >= 11 is 20.1. The van der Waals surface area contributed by atoms with Gasteiger partial charge in [-0.05, 0) is 62.5 Å². The van der Waals surface area contributed by atoms with E-state index in [0.717, 1.165) is 13.1 Å². The van der Waals surface area contributed by atoms with Gasteiger partial charge >= 0.3 is 0 Å². The van der Waals surface area contributed by atoms with Crippen LogP contribution in [0.4, 0.5) is 0 Å². The molecule has 1 unspecified atom stereocenters. The normalized spacial score (nSPS) is 12.2. The van der Waals surface area contributed by atoms with Gasteiger partial charge in [-0.1, -0.05) is 29.3 Å². The highest BCUT2D eigenvalue weighted by atomic mass is 79.9. The molecule has 0 saturated heterocycles. The van der Waals surface area contributed by atoms with Crippen LogP contribution in [0, 0.1) is 0 Å². The Bertz CT molecular complexity index is 660. The molecule has 2 nitrogen and oxygen atoms in total. The van der Waals surface area contributed by atoms with E-state index in [2.05, 4.69) is 37.2 Å². The van der Waals surface area contributed by atoms with Gasteiger partial charge in [0.25, 0.3) is 5.91 Å². The lowest BCUT2D eigenvalue weighted by molar-refractivity contribution is 0.0939. The van der Waals surface area contributed by atoms with Gasteiger partial charge < -0.3 is 5.32 Å². The van der Waals surface area contributed by atoms with Gasteiger partial charge in [-0.2, -0.15) is 0 Å². The molecule has 0 aliphatic heterocycles. The SMILES string of the molecule is CC(NC(=O)c1cc(Br)sc1Br)c1ccc(Cl)c(Cl)c1. The van der Waals surface area contributed by atoms with E-state index in [9.17, 15) is 4.79 Å². The zero-order chi connectivity index (χ0) is 14.9. The van der Waals surface area contributed by atoms with Crippen LogP contribution in [0.1, 0.15) is 28.9 Å². The number of thiophene rings is 1. The first-order chi connectivity index (χ1) is 9.38. The van der Waals surface area contributed by atoms with E-state index in [1.165, 1.54) is 11.3 Å². The zero-order valence-corrected chi connectivity index (χ0v) is 15.7. The number of carbonyl (C=O) groups excluding carboxylic acids is 1. The van der Waals surface area contributed by atoms with Gasteiger partial charge in [0.2, 0.25) is 0 Å². The second kappa shape index (κ2) is 6.79. The first kappa shape index (κ1) is 16.3. The molecule has 0 bridgehead atoms. The van der Waals surface area contributed by atoms with Gasteiger partial charge in [0, 0.05) is 0 Å². The number of benzene rings is 1. The van der Waals surface area contributed by atoms with Crippen LogP contribution in [0.3, 0.4) is 0 Å². The van der Waals surface area contributed by atoms with Crippen molar-refractivity contribution in [3.63, 3.8) is 0 Å². The fourth-order valence-electron chi connectivity index (χ4n) is 1.63. The lowest BCUT2D eigenvalue weighted by Gasteiger charge is -2.14. The lowest BCUT2D eigenvalue weighted by atomic mass is 10.1. The Balaban J connectivity index is 2.14. The van der Waals surface area contributed by atoms with E-state index in [4.69, 9.17) is 23.2 Å². The highest BCUT2D eigenvalue weighted by Gasteiger charge is 2.17. The van der Waals surface area contributed by atoms with Crippen molar-refractivity contribution in [2.24, 2.45) is 0 Å². The van der Waals surface area contributed by atoms with Gasteiger partial charge in [-0.25, -0.2) is 0 Å². The van der Waals surface area contributed by atoms with Gasteiger partial charge in [0.05, 0.1) is 29.2 Å². The van der Waals surface area contributed by atoms with E-state index in [1.54, 1.807) is 18.2 Å². The van der Waals surface area contributed by atoms with Crippen LogP contribution < -0.4 is 5.32 Å². The van der Waals surface area contributed by atoms with Crippen molar-refractivity contribution in [1.29, 1.82) is 0 Å². The summed E-state index contributed by atoms with van der Waals surface area (Å²) in [6, 6.07) is 6.94. The number of carbonyl (C=O) groups is 1. The predicted octanol–water partition coefficient (Wildman–Crippen LogP) is 6.07. The van der Waals surface area contributed by atoms with Crippen molar-refractivity contribution in [3.8, 4) is 0 Å². The van der Waals surface area contributed by atoms with Crippen molar-refractivity contribution in [2.75, 3.05) is 0 Å². The first-order valence-electron chi connectivity index (χ1n) is 5.59.